The molecule has 0 saturated carbocycles. The van der Waals surface area contributed by atoms with Crippen molar-refractivity contribution in [3.05, 3.63) is 35.9 Å². The van der Waals surface area contributed by atoms with Crippen LogP contribution in [0.2, 0.25) is 0 Å². The lowest BCUT2D eigenvalue weighted by molar-refractivity contribution is -0.145. The lowest BCUT2D eigenvalue weighted by Gasteiger charge is -2.40. The van der Waals surface area contributed by atoms with E-state index in [2.05, 4.69) is 10.6 Å². The van der Waals surface area contributed by atoms with E-state index in [0.29, 0.717) is 6.42 Å². The van der Waals surface area contributed by atoms with Gasteiger partial charge in [-0.1, -0.05) is 85.7 Å². The Morgan fingerprint density at radius 3 is 1.91 bits per heavy atom. The number of carbonyl (C=O) groups is 3. The number of nitrogens with zero attached hydrogens (tertiary/aromatic N) is 1. The van der Waals surface area contributed by atoms with E-state index in [1.807, 2.05) is 78.8 Å². The van der Waals surface area contributed by atoms with Crippen LogP contribution >= 0.6 is 0 Å². The summed E-state index contributed by atoms with van der Waals surface area (Å²) in [7, 11) is 3.45. The molecule has 0 unspecified atom stereocenters. The zero-order valence-corrected chi connectivity index (χ0v) is 22.6. The molecule has 0 radical (unpaired) electrons. The predicted octanol–water partition coefficient (Wildman–Crippen LogP) is 3.68. The molecule has 3 N–H and O–H groups in total. The van der Waals surface area contributed by atoms with Gasteiger partial charge in [-0.3, -0.25) is 14.4 Å². The summed E-state index contributed by atoms with van der Waals surface area (Å²) >= 11 is 0. The van der Waals surface area contributed by atoms with Gasteiger partial charge >= 0.3 is 5.97 Å². The van der Waals surface area contributed by atoms with Crippen LogP contribution in [0.5, 0.6) is 0 Å². The second-order valence-corrected chi connectivity index (χ2v) is 11.4. The van der Waals surface area contributed by atoms with Crippen molar-refractivity contribution in [1.29, 1.82) is 0 Å². The van der Waals surface area contributed by atoms with Gasteiger partial charge in [0.1, 0.15) is 6.04 Å². The molecule has 1 aromatic rings. The molecule has 1 rings (SSSR count). The van der Waals surface area contributed by atoms with Crippen molar-refractivity contribution >= 4 is 17.8 Å². The summed E-state index contributed by atoms with van der Waals surface area (Å²) in [6.45, 7) is 15.4. The Labute approximate surface area is 205 Å². The fraction of sp³-hybridized carbons (Fsp3) is 0.667. The van der Waals surface area contributed by atoms with Crippen LogP contribution in [-0.4, -0.2) is 60.0 Å². The van der Waals surface area contributed by atoms with E-state index in [1.165, 1.54) is 0 Å². The topological polar surface area (TPSA) is 98.7 Å². The number of rotatable bonds is 11. The minimum Gasteiger partial charge on any atom is -0.481 e. The maximum Gasteiger partial charge on any atom is 0.306 e. The molecule has 0 aromatic heterocycles. The number of carboxylic acids is 1. The van der Waals surface area contributed by atoms with E-state index in [1.54, 1.807) is 25.9 Å². The van der Waals surface area contributed by atoms with Gasteiger partial charge in [-0.25, -0.2) is 0 Å². The zero-order valence-electron chi connectivity index (χ0n) is 22.6. The number of carboxylic acid groups (broad SMARTS) is 1. The van der Waals surface area contributed by atoms with Crippen LogP contribution in [0.4, 0.5) is 0 Å². The second-order valence-electron chi connectivity index (χ2n) is 11.4. The minimum atomic E-state index is -0.882. The molecule has 7 nitrogen and oxygen atoms in total. The highest BCUT2D eigenvalue weighted by molar-refractivity contribution is 5.91. The molecular weight excluding hydrogens is 430 g/mol. The summed E-state index contributed by atoms with van der Waals surface area (Å²) in [5, 5.41) is 15.5. The monoisotopic (exact) mass is 475 g/mol. The second kappa shape index (κ2) is 11.8. The highest BCUT2D eigenvalue weighted by Gasteiger charge is 2.42. The molecule has 0 spiro atoms. The maximum atomic E-state index is 13.7. The van der Waals surface area contributed by atoms with Crippen molar-refractivity contribution in [2.24, 2.45) is 17.3 Å². The molecule has 4 atom stereocenters. The van der Waals surface area contributed by atoms with Crippen LogP contribution in [0.15, 0.2) is 30.3 Å². The first-order chi connectivity index (χ1) is 15.5. The number of hydrogen-bond donors (Lipinski definition) is 3. The van der Waals surface area contributed by atoms with Gasteiger partial charge < -0.3 is 20.6 Å². The van der Waals surface area contributed by atoms with Gasteiger partial charge in [0.2, 0.25) is 11.8 Å². The molecule has 2 amide bonds. The Morgan fingerprint density at radius 1 is 0.971 bits per heavy atom. The summed E-state index contributed by atoms with van der Waals surface area (Å²) in [4.78, 5) is 40.3. The van der Waals surface area contributed by atoms with Crippen molar-refractivity contribution < 1.29 is 19.5 Å². The van der Waals surface area contributed by atoms with E-state index in [9.17, 15) is 19.5 Å². The quantitative estimate of drug-likeness (QED) is 0.453. The molecule has 34 heavy (non-hydrogen) atoms. The lowest BCUT2D eigenvalue weighted by Crippen LogP contribution is -2.61. The van der Waals surface area contributed by atoms with Gasteiger partial charge in [-0.2, -0.15) is 0 Å². The number of amides is 2. The smallest absolute Gasteiger partial charge is 0.306 e. The Morgan fingerprint density at radius 2 is 1.50 bits per heavy atom. The van der Waals surface area contributed by atoms with Crippen molar-refractivity contribution in [3.8, 4) is 0 Å². The average molecular weight is 476 g/mol. The summed E-state index contributed by atoms with van der Waals surface area (Å²) < 4.78 is 0. The van der Waals surface area contributed by atoms with Crippen LogP contribution in [0, 0.1) is 17.3 Å². The Kier molecular flexibility index (Phi) is 10.3. The zero-order chi connectivity index (χ0) is 26.4. The van der Waals surface area contributed by atoms with Gasteiger partial charge in [-0.05, 0) is 30.4 Å². The van der Waals surface area contributed by atoms with Crippen LogP contribution in [0.1, 0.15) is 67.4 Å². The Bertz CT molecular complexity index is 830. The number of aliphatic carboxylic acids is 1. The van der Waals surface area contributed by atoms with Gasteiger partial charge in [0.05, 0.1) is 12.0 Å². The standard InChI is InChI=1S/C27H45N3O4/c1-17(2)20(16-18(3)25(33)34)30(10)24(32)22(26(4,5)6)29-23(31)21(28-9)27(7,8)19-14-12-11-13-15-19/h11-15,17-18,20-22,28H,16H2,1-10H3,(H,29,31)(H,33,34)/t18-,20+,21+,22+/m0/s1. The molecule has 0 heterocycles. The minimum absolute atomic E-state index is 0.0640. The fourth-order valence-corrected chi connectivity index (χ4v) is 4.44. The molecule has 0 saturated heterocycles. The Hall–Kier alpha value is -2.41. The van der Waals surface area contributed by atoms with Gasteiger partial charge in [0.25, 0.3) is 0 Å². The number of hydrogen-bond acceptors (Lipinski definition) is 4. The van der Waals surface area contributed by atoms with Crippen molar-refractivity contribution in [2.45, 2.75) is 85.4 Å². The highest BCUT2D eigenvalue weighted by Crippen LogP contribution is 2.29. The number of likely N-dealkylation sites (N-methyl/N-ethyl adjacent to an activating group) is 2. The molecule has 192 valence electrons. The largest absolute Gasteiger partial charge is 0.481 e. The maximum absolute atomic E-state index is 13.7. The Balaban J connectivity index is 3.22. The lowest BCUT2D eigenvalue weighted by atomic mass is 9.76. The average Bonchev–Trinajstić information content (AvgIpc) is 2.74. The van der Waals surface area contributed by atoms with Crippen molar-refractivity contribution in [2.75, 3.05) is 14.1 Å². The third kappa shape index (κ3) is 7.29. The van der Waals surface area contributed by atoms with Crippen LogP contribution in [0.3, 0.4) is 0 Å². The first-order valence-electron chi connectivity index (χ1n) is 12.1. The fourth-order valence-electron chi connectivity index (χ4n) is 4.44. The molecule has 0 aliphatic carbocycles. The van der Waals surface area contributed by atoms with E-state index in [4.69, 9.17) is 0 Å². The third-order valence-electron chi connectivity index (χ3n) is 6.82. The third-order valence-corrected chi connectivity index (χ3v) is 6.82. The van der Waals surface area contributed by atoms with E-state index >= 15 is 0 Å². The number of carbonyl (C=O) groups excluding carboxylic acids is 2. The molecule has 0 aliphatic heterocycles. The predicted molar refractivity (Wildman–Crippen MR) is 137 cm³/mol. The van der Waals surface area contributed by atoms with Crippen LogP contribution < -0.4 is 10.6 Å². The summed E-state index contributed by atoms with van der Waals surface area (Å²) in [5.41, 5.74) is -0.0480. The SMILES string of the molecule is CN[C@H](C(=O)N[C@H](C(=O)N(C)[C@H](C[C@H](C)C(=O)O)C(C)C)C(C)(C)C)C(C)(C)c1ccccc1. The molecule has 0 fully saturated rings. The molecule has 1 aromatic carbocycles. The summed E-state index contributed by atoms with van der Waals surface area (Å²) in [5.74, 6) is -1.87. The van der Waals surface area contributed by atoms with E-state index in [0.717, 1.165) is 5.56 Å². The normalized spacial score (nSPS) is 15.9. The first-order valence-corrected chi connectivity index (χ1v) is 12.1. The molecule has 7 heteroatoms. The van der Waals surface area contributed by atoms with Gasteiger partial charge in [0, 0.05) is 18.5 Å². The summed E-state index contributed by atoms with van der Waals surface area (Å²) in [6.07, 6.45) is 0.347. The van der Waals surface area contributed by atoms with E-state index < -0.39 is 34.8 Å². The van der Waals surface area contributed by atoms with Crippen molar-refractivity contribution in [3.63, 3.8) is 0 Å². The van der Waals surface area contributed by atoms with Gasteiger partial charge in [0.15, 0.2) is 0 Å². The molecular formula is C27H45N3O4. The van der Waals surface area contributed by atoms with Crippen LogP contribution in [0.25, 0.3) is 0 Å². The van der Waals surface area contributed by atoms with E-state index in [-0.39, 0.29) is 23.8 Å². The number of benzene rings is 1. The van der Waals surface area contributed by atoms with Gasteiger partial charge in [-0.15, -0.1) is 0 Å². The molecule has 0 aliphatic rings. The molecule has 0 bridgehead atoms. The summed E-state index contributed by atoms with van der Waals surface area (Å²) in [6, 6.07) is 8.23. The van der Waals surface area contributed by atoms with Crippen LogP contribution in [-0.2, 0) is 19.8 Å². The number of nitrogens with one attached hydrogen (secondary N) is 2. The highest BCUT2D eigenvalue weighted by atomic mass is 16.4. The van der Waals surface area contributed by atoms with Crippen molar-refractivity contribution in [1.82, 2.24) is 15.5 Å². The first kappa shape index (κ1) is 29.6.